The van der Waals surface area contributed by atoms with Gasteiger partial charge < -0.3 is 9.13 Å². The van der Waals surface area contributed by atoms with Crippen LogP contribution < -0.4 is 20.7 Å². The second kappa shape index (κ2) is 14.7. The molecular weight excluding hydrogens is 809 g/mol. The molecule has 0 aliphatic heterocycles. The van der Waals surface area contributed by atoms with Gasteiger partial charge in [0.2, 0.25) is 0 Å². The molecule has 3 aromatic heterocycles. The maximum Gasteiger partial charge on any atom is 0.179 e. The fraction of sp³-hybridized carbons (Fsp3) is 0. The van der Waals surface area contributed by atoms with E-state index in [1.807, 2.05) is 11.3 Å². The number of rotatable bonds is 7. The van der Waals surface area contributed by atoms with Crippen molar-refractivity contribution < 1.29 is 0 Å². The first kappa shape index (κ1) is 36.9. The van der Waals surface area contributed by atoms with Crippen molar-refractivity contribution >= 4 is 104 Å². The van der Waals surface area contributed by atoms with Crippen molar-refractivity contribution in [3.63, 3.8) is 0 Å². The van der Waals surface area contributed by atoms with Gasteiger partial charge in [0.25, 0.3) is 0 Å². The Morgan fingerprint density at radius 1 is 0.266 bits per heavy atom. The van der Waals surface area contributed by atoms with Crippen molar-refractivity contribution in [1.82, 2.24) is 9.13 Å². The van der Waals surface area contributed by atoms with Crippen LogP contribution in [-0.4, -0.2) is 17.2 Å². The molecule has 0 aliphatic rings. The number of thiophene rings is 1. The number of hydrogen-bond acceptors (Lipinski definition) is 1. The van der Waals surface area contributed by atoms with Crippen LogP contribution in [0.5, 0.6) is 0 Å². The van der Waals surface area contributed by atoms with E-state index in [1.54, 1.807) is 0 Å². The molecule has 300 valence electrons. The third-order valence-corrected chi connectivity index (χ3v) is 19.4. The topological polar surface area (TPSA) is 9.86 Å². The first-order valence-electron chi connectivity index (χ1n) is 22.0. The van der Waals surface area contributed by atoms with Crippen molar-refractivity contribution in [2.75, 3.05) is 0 Å². The monoisotopic (exact) mass is 848 g/mol. The summed E-state index contributed by atoms with van der Waals surface area (Å²) in [7, 11) is -2.76. The summed E-state index contributed by atoms with van der Waals surface area (Å²) in [6.45, 7) is 0. The Hall–Kier alpha value is -7.76. The van der Waals surface area contributed by atoms with Crippen LogP contribution in [0.25, 0.3) is 86.3 Å². The van der Waals surface area contributed by atoms with Crippen molar-refractivity contribution in [3.8, 4) is 22.5 Å². The molecule has 2 nitrogen and oxygen atoms in total. The summed E-state index contributed by atoms with van der Waals surface area (Å²) < 4.78 is 7.61. The van der Waals surface area contributed by atoms with Crippen LogP contribution >= 0.6 is 11.3 Å². The van der Waals surface area contributed by atoms with Gasteiger partial charge >= 0.3 is 0 Å². The number of para-hydroxylation sites is 2. The van der Waals surface area contributed by atoms with E-state index >= 15 is 0 Å². The standard InChI is InChI=1S/C60H40N2SSi/c1-4-18-45(19-5-1)64(46-20-6-2-7-21-46,47-22-8-3-9-23-47)48-24-16-17-43(39-48)62-55-28-13-10-25-49(55)51-35-33-44(40-58(51)62)61-56-29-14-11-26-50(56)54-37-41(32-36-57(54)61)42-31-34-53-52-27-12-15-30-59(52)63-60(53)38-42/h1-40H. The average Bonchev–Trinajstić information content (AvgIpc) is 4.02. The van der Waals surface area contributed by atoms with Crippen molar-refractivity contribution in [2.45, 2.75) is 0 Å². The first-order valence-corrected chi connectivity index (χ1v) is 24.8. The van der Waals surface area contributed by atoms with Gasteiger partial charge in [0.1, 0.15) is 0 Å². The Bertz CT molecular complexity index is 3800. The Kier molecular flexibility index (Phi) is 8.45. The van der Waals surface area contributed by atoms with Crippen LogP contribution in [0.1, 0.15) is 0 Å². The van der Waals surface area contributed by atoms with Crippen LogP contribution in [0.15, 0.2) is 243 Å². The summed E-state index contributed by atoms with van der Waals surface area (Å²) in [5, 5.41) is 13.1. The molecule has 0 saturated heterocycles. The zero-order valence-corrected chi connectivity index (χ0v) is 36.7. The van der Waals surface area contributed by atoms with Crippen molar-refractivity contribution in [3.05, 3.63) is 243 Å². The first-order chi connectivity index (χ1) is 31.7. The predicted molar refractivity (Wildman–Crippen MR) is 277 cm³/mol. The molecular formula is C60H40N2SSi. The summed E-state index contributed by atoms with van der Waals surface area (Å²) in [6.07, 6.45) is 0. The second-order valence-corrected chi connectivity index (χ2v) is 21.7. The van der Waals surface area contributed by atoms with E-state index in [1.165, 1.54) is 95.7 Å². The predicted octanol–water partition coefficient (Wildman–Crippen LogP) is 13.3. The van der Waals surface area contributed by atoms with Gasteiger partial charge in [-0.1, -0.05) is 182 Å². The Morgan fingerprint density at radius 3 is 1.42 bits per heavy atom. The van der Waals surface area contributed by atoms with Crippen molar-refractivity contribution in [1.29, 1.82) is 0 Å². The third kappa shape index (κ3) is 5.56. The van der Waals surface area contributed by atoms with E-state index in [0.29, 0.717) is 0 Å². The van der Waals surface area contributed by atoms with E-state index in [0.717, 1.165) is 11.4 Å². The molecule has 0 N–H and O–H groups in total. The van der Waals surface area contributed by atoms with Gasteiger partial charge in [-0.15, -0.1) is 11.3 Å². The summed E-state index contributed by atoms with van der Waals surface area (Å²) in [5.74, 6) is 0. The van der Waals surface area contributed by atoms with Gasteiger partial charge in [-0.2, -0.15) is 0 Å². The molecule has 0 fully saturated rings. The zero-order valence-electron chi connectivity index (χ0n) is 34.9. The maximum absolute atomic E-state index is 2.76. The molecule has 0 unspecified atom stereocenters. The highest BCUT2D eigenvalue weighted by atomic mass is 32.1. The Morgan fingerprint density at radius 2 is 0.734 bits per heavy atom. The highest BCUT2D eigenvalue weighted by Crippen LogP contribution is 2.40. The molecule has 10 aromatic carbocycles. The molecule has 0 radical (unpaired) electrons. The lowest BCUT2D eigenvalue weighted by atomic mass is 10.0. The zero-order chi connectivity index (χ0) is 42.2. The van der Waals surface area contributed by atoms with Gasteiger partial charge in [0, 0.05) is 53.1 Å². The largest absolute Gasteiger partial charge is 0.309 e. The minimum Gasteiger partial charge on any atom is -0.309 e. The Labute approximate surface area is 376 Å². The molecule has 0 spiro atoms. The van der Waals surface area contributed by atoms with E-state index < -0.39 is 8.07 Å². The SMILES string of the molecule is c1ccc([Si](c2ccccc2)(c2ccccc2)c2cccc(-n3c4ccccc4c4ccc(-n5c6ccccc6c6cc(-c7ccc8c(c7)sc7ccccc78)ccc65)cc43)c2)cc1. The molecule has 64 heavy (non-hydrogen) atoms. The molecule has 13 aromatic rings. The lowest BCUT2D eigenvalue weighted by Crippen LogP contribution is -2.74. The molecule has 3 heterocycles. The minimum atomic E-state index is -2.76. The lowest BCUT2D eigenvalue weighted by molar-refractivity contribution is 1.16. The normalized spacial score (nSPS) is 12.1. The Balaban J connectivity index is 1.01. The van der Waals surface area contributed by atoms with Gasteiger partial charge in [-0.3, -0.25) is 0 Å². The van der Waals surface area contributed by atoms with Gasteiger partial charge in [0.15, 0.2) is 8.07 Å². The van der Waals surface area contributed by atoms with Gasteiger partial charge in [0.05, 0.1) is 22.1 Å². The summed E-state index contributed by atoms with van der Waals surface area (Å²) >= 11 is 1.87. The highest BCUT2D eigenvalue weighted by molar-refractivity contribution is 7.25. The molecule has 0 aliphatic carbocycles. The molecule has 4 heteroatoms. The van der Waals surface area contributed by atoms with E-state index in [9.17, 15) is 0 Å². The number of aromatic nitrogens is 2. The number of hydrogen-bond donors (Lipinski definition) is 0. The fourth-order valence-corrected chi connectivity index (χ4v) is 16.6. The van der Waals surface area contributed by atoms with Crippen LogP contribution in [0.3, 0.4) is 0 Å². The number of nitrogens with zero attached hydrogens (tertiary/aromatic N) is 2. The quantitative estimate of drug-likeness (QED) is 0.112. The summed E-state index contributed by atoms with van der Waals surface area (Å²) in [4.78, 5) is 0. The van der Waals surface area contributed by atoms with Crippen LogP contribution in [0, 0.1) is 0 Å². The van der Waals surface area contributed by atoms with E-state index in [4.69, 9.17) is 0 Å². The molecule has 0 amide bonds. The van der Waals surface area contributed by atoms with Crippen LogP contribution in [0.2, 0.25) is 0 Å². The average molecular weight is 849 g/mol. The maximum atomic E-state index is 2.49. The highest BCUT2D eigenvalue weighted by Gasteiger charge is 2.41. The van der Waals surface area contributed by atoms with E-state index in [-0.39, 0.29) is 0 Å². The van der Waals surface area contributed by atoms with Gasteiger partial charge in [-0.05, 0) is 92.5 Å². The lowest BCUT2D eigenvalue weighted by Gasteiger charge is -2.34. The summed E-state index contributed by atoms with van der Waals surface area (Å²) in [6, 6.07) is 90.5. The smallest absolute Gasteiger partial charge is 0.179 e. The second-order valence-electron chi connectivity index (χ2n) is 16.8. The minimum absolute atomic E-state index is 1.14. The number of benzene rings is 10. The van der Waals surface area contributed by atoms with Crippen LogP contribution in [-0.2, 0) is 0 Å². The molecule has 0 bridgehead atoms. The fourth-order valence-electron chi connectivity index (χ4n) is 10.7. The summed E-state index contributed by atoms with van der Waals surface area (Å²) in [5.41, 5.74) is 9.53. The van der Waals surface area contributed by atoms with E-state index in [2.05, 4.69) is 252 Å². The molecule has 0 saturated carbocycles. The number of fused-ring (bicyclic) bond motifs is 9. The van der Waals surface area contributed by atoms with Gasteiger partial charge in [-0.25, -0.2) is 0 Å². The van der Waals surface area contributed by atoms with Crippen LogP contribution in [0.4, 0.5) is 0 Å². The van der Waals surface area contributed by atoms with Crippen molar-refractivity contribution in [2.24, 2.45) is 0 Å². The molecule has 0 atom stereocenters. The molecule has 13 rings (SSSR count). The third-order valence-electron chi connectivity index (χ3n) is 13.5.